The Morgan fingerprint density at radius 1 is 1.26 bits per heavy atom. The average molecular weight is 388 g/mol. The number of benzene rings is 1. The Morgan fingerprint density at radius 3 is 2.68 bits per heavy atom. The van der Waals surface area contributed by atoms with Gasteiger partial charge in [0.05, 0.1) is 29.3 Å². The van der Waals surface area contributed by atoms with Crippen molar-refractivity contribution in [3.8, 4) is 11.8 Å². The lowest BCUT2D eigenvalue weighted by Gasteiger charge is -2.29. The third kappa shape index (κ3) is 3.43. The predicted octanol–water partition coefficient (Wildman–Crippen LogP) is 4.71. The summed E-state index contributed by atoms with van der Waals surface area (Å²) in [5.41, 5.74) is 0.979. The van der Waals surface area contributed by atoms with E-state index in [9.17, 15) is 5.26 Å². The van der Waals surface area contributed by atoms with Crippen molar-refractivity contribution in [1.82, 2.24) is 0 Å². The summed E-state index contributed by atoms with van der Waals surface area (Å²) >= 11 is 7.01. The van der Waals surface area contributed by atoms with Crippen LogP contribution in [0.25, 0.3) is 0 Å². The zero-order chi connectivity index (χ0) is 13.8. The first-order valence-electron chi connectivity index (χ1n) is 6.35. The van der Waals surface area contributed by atoms with E-state index < -0.39 is 0 Å². The van der Waals surface area contributed by atoms with Crippen LogP contribution in [0.3, 0.4) is 0 Å². The molecule has 1 aliphatic rings. The van der Waals surface area contributed by atoms with Crippen molar-refractivity contribution >= 4 is 37.5 Å². The fraction of sp³-hybridized carbons (Fsp3) is 0.500. The highest BCUT2D eigenvalue weighted by atomic mass is 79.9. The Kier molecular flexibility index (Phi) is 5.12. The number of halogens is 2. The van der Waals surface area contributed by atoms with Gasteiger partial charge >= 0.3 is 0 Å². The van der Waals surface area contributed by atoms with Crippen molar-refractivity contribution in [3.05, 3.63) is 21.1 Å². The minimum absolute atomic E-state index is 0.0929. The van der Waals surface area contributed by atoms with Crippen LogP contribution >= 0.6 is 31.9 Å². The summed E-state index contributed by atoms with van der Waals surface area (Å²) in [7, 11) is 1.65. The molecular weight excluding hydrogens is 372 g/mol. The predicted molar refractivity (Wildman–Crippen MR) is 83.4 cm³/mol. The highest BCUT2D eigenvalue weighted by Gasteiger charge is 2.25. The molecule has 0 aliphatic heterocycles. The third-order valence-electron chi connectivity index (χ3n) is 3.51. The van der Waals surface area contributed by atoms with E-state index in [-0.39, 0.29) is 12.0 Å². The second-order valence-corrected chi connectivity index (χ2v) is 6.45. The van der Waals surface area contributed by atoms with Gasteiger partial charge in [-0.15, -0.1) is 0 Å². The van der Waals surface area contributed by atoms with E-state index in [1.165, 1.54) is 6.42 Å². The fourth-order valence-corrected chi connectivity index (χ4v) is 3.72. The van der Waals surface area contributed by atoms with Gasteiger partial charge in [-0.1, -0.05) is 12.8 Å². The maximum atomic E-state index is 9.22. The van der Waals surface area contributed by atoms with Gasteiger partial charge in [0.2, 0.25) is 0 Å². The second kappa shape index (κ2) is 6.62. The molecule has 1 aliphatic carbocycles. The minimum Gasteiger partial charge on any atom is -0.495 e. The lowest BCUT2D eigenvalue weighted by molar-refractivity contribution is 0.388. The molecule has 1 N–H and O–H groups in total. The summed E-state index contributed by atoms with van der Waals surface area (Å²) in [6, 6.07) is 6.56. The van der Waals surface area contributed by atoms with Crippen LogP contribution in [0.15, 0.2) is 21.1 Å². The van der Waals surface area contributed by atoms with Crippen molar-refractivity contribution in [3.63, 3.8) is 0 Å². The van der Waals surface area contributed by atoms with Crippen LogP contribution in [0.4, 0.5) is 5.69 Å². The molecule has 0 heterocycles. The van der Waals surface area contributed by atoms with E-state index in [2.05, 4.69) is 43.2 Å². The van der Waals surface area contributed by atoms with Gasteiger partial charge < -0.3 is 10.1 Å². The Morgan fingerprint density at radius 2 is 2.00 bits per heavy atom. The minimum atomic E-state index is 0.0929. The van der Waals surface area contributed by atoms with E-state index in [4.69, 9.17) is 4.74 Å². The topological polar surface area (TPSA) is 45.0 Å². The first-order valence-corrected chi connectivity index (χ1v) is 7.93. The van der Waals surface area contributed by atoms with Crippen LogP contribution in [-0.2, 0) is 0 Å². The quantitative estimate of drug-likeness (QED) is 0.816. The van der Waals surface area contributed by atoms with E-state index in [1.54, 1.807) is 7.11 Å². The highest BCUT2D eigenvalue weighted by molar-refractivity contribution is 9.11. The van der Waals surface area contributed by atoms with E-state index in [0.717, 1.165) is 39.6 Å². The van der Waals surface area contributed by atoms with E-state index in [1.807, 2.05) is 12.1 Å². The van der Waals surface area contributed by atoms with Crippen LogP contribution in [0.1, 0.15) is 25.7 Å². The Labute approximate surface area is 130 Å². The van der Waals surface area contributed by atoms with Crippen molar-refractivity contribution in [2.24, 2.45) is 5.92 Å². The van der Waals surface area contributed by atoms with Crippen molar-refractivity contribution < 1.29 is 4.74 Å². The number of nitrogens with one attached hydrogen (secondary N) is 1. The molecular formula is C14H16Br2N2O. The molecule has 1 fully saturated rings. The normalized spacial score (nSPS) is 22.6. The molecule has 0 amide bonds. The molecule has 2 rings (SSSR count). The molecule has 3 nitrogen and oxygen atoms in total. The van der Waals surface area contributed by atoms with E-state index in [0.29, 0.717) is 0 Å². The van der Waals surface area contributed by atoms with Crippen LogP contribution in [0.5, 0.6) is 5.75 Å². The molecule has 0 aromatic heterocycles. The lowest BCUT2D eigenvalue weighted by atomic mass is 9.85. The van der Waals surface area contributed by atoms with E-state index >= 15 is 0 Å². The van der Waals surface area contributed by atoms with Gasteiger partial charge in [-0.05, 0) is 50.8 Å². The number of anilines is 1. The van der Waals surface area contributed by atoms with Crippen molar-refractivity contribution in [2.45, 2.75) is 31.7 Å². The van der Waals surface area contributed by atoms with Crippen molar-refractivity contribution in [2.75, 3.05) is 12.4 Å². The Bertz CT molecular complexity index is 499. The van der Waals surface area contributed by atoms with Crippen LogP contribution in [0.2, 0.25) is 0 Å². The summed E-state index contributed by atoms with van der Waals surface area (Å²) in [6.45, 7) is 0. The number of methoxy groups -OCH3 is 1. The number of hydrogen-bond acceptors (Lipinski definition) is 3. The molecule has 2 unspecified atom stereocenters. The van der Waals surface area contributed by atoms with Crippen LogP contribution in [-0.4, -0.2) is 13.2 Å². The molecule has 5 heteroatoms. The monoisotopic (exact) mass is 386 g/mol. The molecule has 0 saturated heterocycles. The molecule has 19 heavy (non-hydrogen) atoms. The molecule has 0 bridgehead atoms. The third-order valence-corrected chi connectivity index (χ3v) is 4.79. The average Bonchev–Trinajstić information content (AvgIpc) is 2.42. The summed E-state index contributed by atoms with van der Waals surface area (Å²) in [5, 5.41) is 12.7. The first-order chi connectivity index (χ1) is 9.15. The maximum absolute atomic E-state index is 9.22. The summed E-state index contributed by atoms with van der Waals surface area (Å²) < 4.78 is 7.19. The second-order valence-electron chi connectivity index (χ2n) is 4.74. The summed E-state index contributed by atoms with van der Waals surface area (Å²) in [6.07, 6.45) is 4.37. The SMILES string of the molecule is COc1cc(NC2CCCCC2C#N)c(Br)cc1Br. The van der Waals surface area contributed by atoms with Gasteiger partial charge in [0, 0.05) is 16.6 Å². The van der Waals surface area contributed by atoms with Gasteiger partial charge in [-0.2, -0.15) is 5.26 Å². The van der Waals surface area contributed by atoms with Crippen LogP contribution in [0, 0.1) is 17.2 Å². The number of ether oxygens (including phenoxy) is 1. The lowest BCUT2D eigenvalue weighted by Crippen LogP contribution is -2.31. The molecule has 0 radical (unpaired) electrons. The smallest absolute Gasteiger partial charge is 0.135 e. The molecule has 1 saturated carbocycles. The highest BCUT2D eigenvalue weighted by Crippen LogP contribution is 2.36. The zero-order valence-electron chi connectivity index (χ0n) is 10.7. The number of rotatable bonds is 3. The van der Waals surface area contributed by atoms with Gasteiger partial charge in [-0.3, -0.25) is 0 Å². The van der Waals surface area contributed by atoms with Gasteiger partial charge in [-0.25, -0.2) is 0 Å². The Hall–Kier alpha value is -0.730. The molecule has 1 aromatic rings. The van der Waals surface area contributed by atoms with Gasteiger partial charge in [0.25, 0.3) is 0 Å². The summed E-state index contributed by atoms with van der Waals surface area (Å²) in [5.74, 6) is 0.880. The zero-order valence-corrected chi connectivity index (χ0v) is 13.9. The maximum Gasteiger partial charge on any atom is 0.135 e. The number of nitrogens with zero attached hydrogens (tertiary/aromatic N) is 1. The number of hydrogen-bond donors (Lipinski definition) is 1. The van der Waals surface area contributed by atoms with Gasteiger partial charge in [0.1, 0.15) is 5.75 Å². The Balaban J connectivity index is 2.20. The first kappa shape index (κ1) is 14.7. The summed E-state index contributed by atoms with van der Waals surface area (Å²) in [4.78, 5) is 0. The molecule has 0 spiro atoms. The molecule has 102 valence electrons. The largest absolute Gasteiger partial charge is 0.495 e. The fourth-order valence-electron chi connectivity index (χ4n) is 2.45. The van der Waals surface area contributed by atoms with Crippen molar-refractivity contribution in [1.29, 1.82) is 5.26 Å². The van der Waals surface area contributed by atoms with Gasteiger partial charge in [0.15, 0.2) is 0 Å². The molecule has 1 aromatic carbocycles. The molecule has 2 atom stereocenters. The van der Waals surface area contributed by atoms with Crippen LogP contribution < -0.4 is 10.1 Å². The number of nitriles is 1. The standard InChI is InChI=1S/C14H16Br2N2O/c1-19-14-7-13(10(15)6-11(14)16)18-12-5-3-2-4-9(12)8-17/h6-7,9,12,18H,2-5H2,1H3.